The van der Waals surface area contributed by atoms with Gasteiger partial charge in [0.1, 0.15) is 0 Å². The van der Waals surface area contributed by atoms with Crippen LogP contribution in [-0.2, 0) is 5.41 Å². The van der Waals surface area contributed by atoms with Crippen molar-refractivity contribution in [3.05, 3.63) is 191 Å². The van der Waals surface area contributed by atoms with Crippen molar-refractivity contribution in [2.45, 2.75) is 46.0 Å². The first-order chi connectivity index (χ1) is 27.6. The lowest BCUT2D eigenvalue weighted by Gasteiger charge is -2.39. The zero-order valence-corrected chi connectivity index (χ0v) is 33.2. The van der Waals surface area contributed by atoms with E-state index in [1.807, 2.05) is 0 Å². The van der Waals surface area contributed by atoms with Crippen molar-refractivity contribution in [3.63, 3.8) is 0 Å². The van der Waals surface area contributed by atoms with Gasteiger partial charge < -0.3 is 0 Å². The topological polar surface area (TPSA) is 0 Å². The lowest BCUT2D eigenvalue weighted by molar-refractivity contribution is 0.499. The Balaban J connectivity index is 0.881. The second-order valence-electron chi connectivity index (χ2n) is 18.5. The first-order valence-electron chi connectivity index (χ1n) is 20.7. The minimum Gasteiger partial charge on any atom is -0.0760 e. The van der Waals surface area contributed by atoms with Crippen molar-refractivity contribution in [2.24, 2.45) is 11.3 Å². The molecule has 0 bridgehead atoms. The third kappa shape index (κ3) is 4.68. The second-order valence-corrected chi connectivity index (χ2v) is 18.5. The molecule has 0 radical (unpaired) electrons. The maximum atomic E-state index is 2.52. The molecule has 4 aliphatic rings. The first-order valence-corrected chi connectivity index (χ1v) is 20.7. The lowest BCUT2D eigenvalue weighted by atomic mass is 9.65. The quantitative estimate of drug-likeness (QED) is 0.159. The highest BCUT2D eigenvalue weighted by atomic mass is 14.4. The van der Waals surface area contributed by atoms with Crippen molar-refractivity contribution in [2.75, 3.05) is 0 Å². The summed E-state index contributed by atoms with van der Waals surface area (Å²) >= 11 is 0. The van der Waals surface area contributed by atoms with Crippen LogP contribution in [0.15, 0.2) is 163 Å². The summed E-state index contributed by atoms with van der Waals surface area (Å²) in [5.74, 6) is 0.800. The summed E-state index contributed by atoms with van der Waals surface area (Å²) in [6, 6.07) is 48.7. The molecule has 12 rings (SSSR count). The Bertz CT molecular complexity index is 3150. The van der Waals surface area contributed by atoms with E-state index in [2.05, 4.69) is 198 Å². The van der Waals surface area contributed by atoms with Gasteiger partial charge in [0.05, 0.1) is 0 Å². The SMILES string of the molecule is CC(C)(C)C1=CC2C=Cc3ccc(-c4ccc(-c5ccc6c(c5)C(C)(C)c5cc(-c7ccc8ccc9cccc%10ccc7c8c9%10)ccc5-6)cc4)c4c3C2C(=C1)C=C4. The van der Waals surface area contributed by atoms with Crippen molar-refractivity contribution >= 4 is 44.5 Å². The Morgan fingerprint density at radius 3 is 1.89 bits per heavy atom. The van der Waals surface area contributed by atoms with Crippen molar-refractivity contribution in [1.82, 2.24) is 0 Å². The van der Waals surface area contributed by atoms with Gasteiger partial charge in [0.25, 0.3) is 0 Å². The number of hydrogen-bond acceptors (Lipinski definition) is 0. The van der Waals surface area contributed by atoms with Gasteiger partial charge in [-0.25, -0.2) is 0 Å². The zero-order chi connectivity index (χ0) is 38.4. The average molecular weight is 729 g/mol. The zero-order valence-electron chi connectivity index (χ0n) is 33.2. The fourth-order valence-electron chi connectivity index (χ4n) is 10.9. The molecule has 0 saturated carbocycles. The van der Waals surface area contributed by atoms with Crippen LogP contribution in [0.3, 0.4) is 0 Å². The molecule has 0 aromatic heterocycles. The second kappa shape index (κ2) is 11.4. The van der Waals surface area contributed by atoms with Gasteiger partial charge in [-0.2, -0.15) is 0 Å². The maximum absolute atomic E-state index is 2.52. The van der Waals surface area contributed by atoms with E-state index in [0.717, 1.165) is 0 Å². The summed E-state index contributed by atoms with van der Waals surface area (Å²) in [5, 5.41) is 7.99. The van der Waals surface area contributed by atoms with E-state index in [-0.39, 0.29) is 10.8 Å². The van der Waals surface area contributed by atoms with Crippen LogP contribution in [0.4, 0.5) is 0 Å². The molecule has 0 amide bonds. The molecule has 0 nitrogen and oxygen atoms in total. The molecule has 8 aromatic rings. The number of allylic oxidation sites excluding steroid dienone is 6. The molecule has 8 aromatic carbocycles. The normalized spacial score (nSPS) is 18.5. The van der Waals surface area contributed by atoms with Crippen LogP contribution >= 0.6 is 0 Å². The largest absolute Gasteiger partial charge is 0.0760 e. The summed E-state index contributed by atoms with van der Waals surface area (Å²) in [5.41, 5.74) is 20.3. The lowest BCUT2D eigenvalue weighted by Crippen LogP contribution is -2.24. The van der Waals surface area contributed by atoms with Gasteiger partial charge in [0.15, 0.2) is 0 Å². The molecule has 0 heteroatoms. The standard InChI is InChI=1S/C57H44/c1-56(2,3)43-29-41-16-15-38-17-23-44(48-28-22-42(30-43)53(41)55(38)48)34-11-9-33(10-12-34)39-20-25-46-47-26-21-40(32-51(47)57(4,5)50(46)31-39)45-24-18-37-14-13-35-7-6-8-36-19-27-49(45)54(37)52(35)36/h6-32,41,53H,1-5H3. The van der Waals surface area contributed by atoms with Gasteiger partial charge in [0.2, 0.25) is 0 Å². The summed E-state index contributed by atoms with van der Waals surface area (Å²) in [4.78, 5) is 0. The first kappa shape index (κ1) is 33.0. The monoisotopic (exact) mass is 728 g/mol. The smallest absolute Gasteiger partial charge is 0.0199 e. The summed E-state index contributed by atoms with van der Waals surface area (Å²) in [7, 11) is 0. The van der Waals surface area contributed by atoms with Crippen LogP contribution in [0.25, 0.3) is 89.0 Å². The molecule has 2 atom stereocenters. The number of rotatable bonds is 3. The van der Waals surface area contributed by atoms with E-state index >= 15 is 0 Å². The molecule has 0 N–H and O–H groups in total. The molecular formula is C57H44. The molecule has 57 heavy (non-hydrogen) atoms. The highest BCUT2D eigenvalue weighted by Crippen LogP contribution is 2.53. The van der Waals surface area contributed by atoms with Gasteiger partial charge in [-0.1, -0.05) is 186 Å². The van der Waals surface area contributed by atoms with E-state index in [9.17, 15) is 0 Å². The van der Waals surface area contributed by atoms with Gasteiger partial charge in [-0.3, -0.25) is 0 Å². The minimum atomic E-state index is -0.125. The molecule has 4 aliphatic carbocycles. The molecule has 0 saturated heterocycles. The van der Waals surface area contributed by atoms with E-state index < -0.39 is 0 Å². The van der Waals surface area contributed by atoms with E-state index in [4.69, 9.17) is 0 Å². The molecule has 0 fully saturated rings. The van der Waals surface area contributed by atoms with Crippen molar-refractivity contribution < 1.29 is 0 Å². The predicted octanol–water partition coefficient (Wildman–Crippen LogP) is 15.6. The summed E-state index contributed by atoms with van der Waals surface area (Å²) < 4.78 is 0. The van der Waals surface area contributed by atoms with E-state index in [1.165, 1.54) is 116 Å². The number of hydrogen-bond donors (Lipinski definition) is 0. The highest BCUT2D eigenvalue weighted by molar-refractivity contribution is 6.25. The van der Waals surface area contributed by atoms with E-state index in [1.54, 1.807) is 0 Å². The Labute approximate surface area is 335 Å². The Hall–Kier alpha value is -6.24. The van der Waals surface area contributed by atoms with Crippen molar-refractivity contribution in [1.29, 1.82) is 0 Å². The predicted molar refractivity (Wildman–Crippen MR) is 244 cm³/mol. The molecule has 0 heterocycles. The fourth-order valence-corrected chi connectivity index (χ4v) is 10.9. The van der Waals surface area contributed by atoms with Gasteiger partial charge in [0, 0.05) is 17.3 Å². The van der Waals surface area contributed by atoms with Crippen LogP contribution < -0.4 is 0 Å². The average Bonchev–Trinajstić information content (AvgIpc) is 3.46. The van der Waals surface area contributed by atoms with E-state index in [0.29, 0.717) is 11.8 Å². The van der Waals surface area contributed by atoms with Crippen LogP contribution in [0.2, 0.25) is 0 Å². The fraction of sp³-hybridized carbons (Fsp3) is 0.158. The molecular weight excluding hydrogens is 685 g/mol. The maximum Gasteiger partial charge on any atom is 0.0199 e. The highest BCUT2D eigenvalue weighted by Gasteiger charge is 2.37. The van der Waals surface area contributed by atoms with Crippen molar-refractivity contribution in [3.8, 4) is 44.5 Å². The van der Waals surface area contributed by atoms with Crippen LogP contribution in [0.5, 0.6) is 0 Å². The third-order valence-corrected chi connectivity index (χ3v) is 13.9. The number of benzene rings is 8. The van der Waals surface area contributed by atoms with Crippen LogP contribution in [-0.4, -0.2) is 0 Å². The third-order valence-electron chi connectivity index (χ3n) is 13.9. The van der Waals surface area contributed by atoms with Crippen LogP contribution in [0, 0.1) is 11.3 Å². The minimum absolute atomic E-state index is 0.125. The van der Waals surface area contributed by atoms with Gasteiger partial charge in [-0.05, 0) is 133 Å². The molecule has 0 spiro atoms. The Kier molecular flexibility index (Phi) is 6.60. The molecule has 0 aliphatic heterocycles. The Morgan fingerprint density at radius 1 is 0.526 bits per heavy atom. The van der Waals surface area contributed by atoms with Gasteiger partial charge in [-0.15, -0.1) is 0 Å². The number of fused-ring (bicyclic) bond motifs is 3. The molecule has 2 unspecified atom stereocenters. The Morgan fingerprint density at radius 2 is 1.14 bits per heavy atom. The molecule has 272 valence electrons. The van der Waals surface area contributed by atoms with Crippen LogP contribution in [0.1, 0.15) is 68.4 Å². The summed E-state index contributed by atoms with van der Waals surface area (Å²) in [6.45, 7) is 11.8. The van der Waals surface area contributed by atoms with Gasteiger partial charge >= 0.3 is 0 Å². The summed E-state index contributed by atoms with van der Waals surface area (Å²) in [6.07, 6.45) is 14.5.